The van der Waals surface area contributed by atoms with E-state index in [4.69, 9.17) is 0 Å². The fraction of sp³-hybridized carbons (Fsp3) is 0.316. The summed E-state index contributed by atoms with van der Waals surface area (Å²) in [5.74, 6) is -0.860. The van der Waals surface area contributed by atoms with Crippen LogP contribution in [0.5, 0.6) is 0 Å². The maximum Gasteiger partial charge on any atom is 0.337 e. The average molecular weight is 324 g/mol. The zero-order chi connectivity index (χ0) is 17.1. The number of hydrogen-bond acceptors (Lipinski definition) is 3. The smallest absolute Gasteiger partial charge is 0.337 e. The van der Waals surface area contributed by atoms with Crippen molar-refractivity contribution in [3.05, 3.63) is 64.5 Å². The van der Waals surface area contributed by atoms with Gasteiger partial charge in [0.05, 0.1) is 5.56 Å². The minimum atomic E-state index is -0.960. The van der Waals surface area contributed by atoms with Crippen LogP contribution in [0.1, 0.15) is 39.0 Å². The highest BCUT2D eigenvalue weighted by atomic mass is 16.4. The van der Waals surface area contributed by atoms with Crippen molar-refractivity contribution in [3.63, 3.8) is 0 Å². The number of aromatic carboxylic acids is 1. The summed E-state index contributed by atoms with van der Waals surface area (Å²) in [7, 11) is 0. The third-order valence-corrected chi connectivity index (χ3v) is 4.43. The number of aryl methyl sites for hydroxylation is 2. The van der Waals surface area contributed by atoms with E-state index in [9.17, 15) is 14.7 Å². The Hall–Kier alpha value is -2.69. The van der Waals surface area contributed by atoms with Crippen LogP contribution in [0, 0.1) is 6.92 Å². The van der Waals surface area contributed by atoms with Gasteiger partial charge in [-0.15, -0.1) is 0 Å². The molecule has 1 aromatic heterocycles. The first-order valence-electron chi connectivity index (χ1n) is 8.07. The molecule has 0 atom stereocenters. The second-order valence-corrected chi connectivity index (χ2v) is 6.18. The second kappa shape index (κ2) is 6.83. The molecular formula is C19H20N2O3. The van der Waals surface area contributed by atoms with Gasteiger partial charge in [-0.1, -0.05) is 29.8 Å². The van der Waals surface area contributed by atoms with Gasteiger partial charge in [0.2, 0.25) is 5.91 Å². The van der Waals surface area contributed by atoms with Crippen LogP contribution in [0.3, 0.4) is 0 Å². The summed E-state index contributed by atoms with van der Waals surface area (Å²) in [5, 5.41) is 9.23. The number of pyridine rings is 1. The Morgan fingerprint density at radius 1 is 1.29 bits per heavy atom. The van der Waals surface area contributed by atoms with Crippen molar-refractivity contribution in [3.8, 4) is 0 Å². The number of nitrogens with zero attached hydrogens (tertiary/aromatic N) is 2. The van der Waals surface area contributed by atoms with Crippen molar-refractivity contribution in [1.29, 1.82) is 0 Å². The first-order chi connectivity index (χ1) is 11.5. The van der Waals surface area contributed by atoms with Crippen LogP contribution in [0.25, 0.3) is 0 Å². The number of carbonyl (C=O) groups excluding carboxylic acids is 1. The van der Waals surface area contributed by atoms with Crippen LogP contribution in [0.15, 0.2) is 36.7 Å². The fourth-order valence-corrected chi connectivity index (χ4v) is 3.17. The molecule has 5 heteroatoms. The highest BCUT2D eigenvalue weighted by molar-refractivity contribution is 5.89. The summed E-state index contributed by atoms with van der Waals surface area (Å²) in [5.41, 5.74) is 4.25. The van der Waals surface area contributed by atoms with E-state index in [1.165, 1.54) is 11.8 Å². The summed E-state index contributed by atoms with van der Waals surface area (Å²) in [6, 6.07) is 8.18. The number of hydrogen-bond donors (Lipinski definition) is 1. The number of carboxylic acid groups (broad SMARTS) is 1. The average Bonchev–Trinajstić information content (AvgIpc) is 2.58. The molecule has 1 amide bonds. The Labute approximate surface area is 140 Å². The standard InChI is InChI=1S/C19H20N2O3/c1-13-3-2-4-14(9-13)5-6-18(22)21-8-7-16-15(12-21)10-20-11-17(16)19(23)24/h2-4,9-11H,5-8,12H2,1H3,(H,23,24). The predicted octanol–water partition coefficient (Wildman–Crippen LogP) is 2.61. The monoisotopic (exact) mass is 324 g/mol. The number of benzene rings is 1. The molecular weight excluding hydrogens is 304 g/mol. The Bertz CT molecular complexity index is 786. The number of amides is 1. The summed E-state index contributed by atoms with van der Waals surface area (Å²) in [6.45, 7) is 3.04. The lowest BCUT2D eigenvalue weighted by Crippen LogP contribution is -2.36. The summed E-state index contributed by atoms with van der Waals surface area (Å²) >= 11 is 0. The summed E-state index contributed by atoms with van der Waals surface area (Å²) in [6.07, 6.45) is 4.80. The van der Waals surface area contributed by atoms with Gasteiger partial charge in [0.15, 0.2) is 0 Å². The van der Waals surface area contributed by atoms with Crippen LogP contribution in [-0.4, -0.2) is 33.4 Å². The molecule has 0 saturated carbocycles. The van der Waals surface area contributed by atoms with Crippen molar-refractivity contribution in [2.75, 3.05) is 6.54 Å². The normalized spacial score (nSPS) is 13.5. The zero-order valence-electron chi connectivity index (χ0n) is 13.7. The van der Waals surface area contributed by atoms with Crippen molar-refractivity contribution in [1.82, 2.24) is 9.88 Å². The molecule has 24 heavy (non-hydrogen) atoms. The third kappa shape index (κ3) is 3.45. The van der Waals surface area contributed by atoms with Gasteiger partial charge in [-0.05, 0) is 36.5 Å². The van der Waals surface area contributed by atoms with E-state index in [1.807, 2.05) is 25.1 Å². The van der Waals surface area contributed by atoms with Crippen LogP contribution < -0.4 is 0 Å². The minimum absolute atomic E-state index is 0.0999. The van der Waals surface area contributed by atoms with Gasteiger partial charge >= 0.3 is 5.97 Å². The molecule has 0 aliphatic carbocycles. The number of aromatic nitrogens is 1. The Kier molecular flexibility index (Phi) is 4.60. The molecule has 0 unspecified atom stereocenters. The van der Waals surface area contributed by atoms with Gasteiger partial charge in [-0.3, -0.25) is 9.78 Å². The lowest BCUT2D eigenvalue weighted by atomic mass is 9.96. The lowest BCUT2D eigenvalue weighted by Gasteiger charge is -2.29. The van der Waals surface area contributed by atoms with Crippen LogP contribution in [0.4, 0.5) is 0 Å². The van der Waals surface area contributed by atoms with Crippen LogP contribution >= 0.6 is 0 Å². The fourth-order valence-electron chi connectivity index (χ4n) is 3.17. The highest BCUT2D eigenvalue weighted by Gasteiger charge is 2.24. The molecule has 0 bridgehead atoms. The van der Waals surface area contributed by atoms with Crippen molar-refractivity contribution >= 4 is 11.9 Å². The molecule has 0 spiro atoms. The van der Waals surface area contributed by atoms with Crippen molar-refractivity contribution < 1.29 is 14.7 Å². The molecule has 1 aromatic carbocycles. The number of carbonyl (C=O) groups is 2. The highest BCUT2D eigenvalue weighted by Crippen LogP contribution is 2.22. The van der Waals surface area contributed by atoms with Crippen molar-refractivity contribution in [2.45, 2.75) is 32.7 Å². The van der Waals surface area contributed by atoms with Gasteiger partial charge in [-0.25, -0.2) is 4.79 Å². The lowest BCUT2D eigenvalue weighted by molar-refractivity contribution is -0.132. The molecule has 1 aliphatic heterocycles. The second-order valence-electron chi connectivity index (χ2n) is 6.18. The molecule has 5 nitrogen and oxygen atoms in total. The first kappa shape index (κ1) is 16.2. The van der Waals surface area contributed by atoms with Gasteiger partial charge in [0, 0.05) is 31.9 Å². The van der Waals surface area contributed by atoms with E-state index in [1.54, 1.807) is 11.1 Å². The van der Waals surface area contributed by atoms with E-state index in [2.05, 4.69) is 11.1 Å². The Balaban J connectivity index is 1.66. The quantitative estimate of drug-likeness (QED) is 0.938. The van der Waals surface area contributed by atoms with Gasteiger partial charge in [0.1, 0.15) is 0 Å². The number of rotatable bonds is 4. The van der Waals surface area contributed by atoms with E-state index in [-0.39, 0.29) is 11.5 Å². The number of carboxylic acids is 1. The van der Waals surface area contributed by atoms with E-state index in [0.29, 0.717) is 25.9 Å². The molecule has 0 saturated heterocycles. The summed E-state index contributed by atoms with van der Waals surface area (Å²) in [4.78, 5) is 29.5. The Morgan fingerprint density at radius 3 is 2.88 bits per heavy atom. The molecule has 3 rings (SSSR count). The SMILES string of the molecule is Cc1cccc(CCC(=O)N2CCc3c(cncc3C(=O)O)C2)c1. The minimum Gasteiger partial charge on any atom is -0.478 e. The van der Waals surface area contributed by atoms with Gasteiger partial charge < -0.3 is 10.0 Å². The van der Waals surface area contributed by atoms with E-state index in [0.717, 1.165) is 23.1 Å². The van der Waals surface area contributed by atoms with Gasteiger partial charge in [-0.2, -0.15) is 0 Å². The zero-order valence-corrected chi connectivity index (χ0v) is 13.7. The van der Waals surface area contributed by atoms with Crippen LogP contribution in [-0.2, 0) is 24.2 Å². The topological polar surface area (TPSA) is 70.5 Å². The largest absolute Gasteiger partial charge is 0.478 e. The molecule has 124 valence electrons. The first-order valence-corrected chi connectivity index (χ1v) is 8.07. The molecule has 0 radical (unpaired) electrons. The predicted molar refractivity (Wildman–Crippen MR) is 89.8 cm³/mol. The third-order valence-electron chi connectivity index (χ3n) is 4.43. The van der Waals surface area contributed by atoms with Gasteiger partial charge in [0.25, 0.3) is 0 Å². The van der Waals surface area contributed by atoms with E-state index >= 15 is 0 Å². The summed E-state index contributed by atoms with van der Waals surface area (Å²) < 4.78 is 0. The van der Waals surface area contributed by atoms with Crippen molar-refractivity contribution in [2.24, 2.45) is 0 Å². The molecule has 0 fully saturated rings. The molecule has 2 aromatic rings. The Morgan fingerprint density at radius 2 is 2.12 bits per heavy atom. The van der Waals surface area contributed by atoms with E-state index < -0.39 is 5.97 Å². The van der Waals surface area contributed by atoms with Crippen LogP contribution in [0.2, 0.25) is 0 Å². The number of fused-ring (bicyclic) bond motifs is 1. The molecule has 1 aliphatic rings. The molecule has 2 heterocycles. The molecule has 1 N–H and O–H groups in total. The maximum absolute atomic E-state index is 12.5. The maximum atomic E-state index is 12.5.